The van der Waals surface area contributed by atoms with Crippen molar-refractivity contribution in [2.75, 3.05) is 38.6 Å². The first-order valence-corrected chi connectivity index (χ1v) is 11.4. The molecular formula is C25H32N4O2S. The third-order valence-corrected chi connectivity index (χ3v) is 6.02. The predicted molar refractivity (Wildman–Crippen MR) is 137 cm³/mol. The number of ether oxygens (including phenoxy) is 1. The summed E-state index contributed by atoms with van der Waals surface area (Å²) in [4.78, 5) is 20.2. The van der Waals surface area contributed by atoms with Crippen LogP contribution in [0.15, 0.2) is 53.3 Å². The molecule has 7 heteroatoms. The molecule has 0 saturated heterocycles. The average molecular weight is 453 g/mol. The van der Waals surface area contributed by atoms with E-state index in [1.165, 1.54) is 0 Å². The van der Waals surface area contributed by atoms with Crippen molar-refractivity contribution in [1.82, 2.24) is 14.8 Å². The highest BCUT2D eigenvalue weighted by Gasteiger charge is 2.16. The fraction of sp³-hybridized carbons (Fsp3) is 0.360. The Morgan fingerprint density at radius 3 is 2.56 bits per heavy atom. The number of likely N-dealkylation sites (N-methyl/N-ethyl adjacent to an activating group) is 1. The lowest BCUT2D eigenvalue weighted by molar-refractivity contribution is 0.266. The van der Waals surface area contributed by atoms with Crippen molar-refractivity contribution in [3.8, 4) is 5.75 Å². The summed E-state index contributed by atoms with van der Waals surface area (Å²) >= 11 is 5.77. The van der Waals surface area contributed by atoms with Crippen LogP contribution in [0.1, 0.15) is 25.0 Å². The highest BCUT2D eigenvalue weighted by Crippen LogP contribution is 2.23. The lowest BCUT2D eigenvalue weighted by atomic mass is 10.1. The molecular weight excluding hydrogens is 420 g/mol. The number of thiocarbonyl (C=S) groups is 1. The van der Waals surface area contributed by atoms with Gasteiger partial charge in [0.05, 0.1) is 19.3 Å². The number of aromatic nitrogens is 1. The monoisotopic (exact) mass is 452 g/mol. The molecule has 0 unspecified atom stereocenters. The predicted octanol–water partition coefficient (Wildman–Crippen LogP) is 4.39. The van der Waals surface area contributed by atoms with Gasteiger partial charge in [0.2, 0.25) is 0 Å². The van der Waals surface area contributed by atoms with E-state index >= 15 is 0 Å². The highest BCUT2D eigenvalue weighted by molar-refractivity contribution is 7.80. The number of benzene rings is 2. The molecule has 0 fully saturated rings. The largest absolute Gasteiger partial charge is 0.495 e. The lowest BCUT2D eigenvalue weighted by Crippen LogP contribution is -2.41. The van der Waals surface area contributed by atoms with Crippen LogP contribution in [0.4, 0.5) is 5.69 Å². The number of hydrogen-bond donors (Lipinski definition) is 2. The van der Waals surface area contributed by atoms with Gasteiger partial charge < -0.3 is 24.8 Å². The molecule has 0 aliphatic rings. The quantitative estimate of drug-likeness (QED) is 0.470. The first kappa shape index (κ1) is 23.8. The molecule has 0 bridgehead atoms. The zero-order chi connectivity index (χ0) is 23.1. The van der Waals surface area contributed by atoms with Crippen LogP contribution < -0.4 is 15.6 Å². The number of aromatic amines is 1. The Labute approximate surface area is 195 Å². The Morgan fingerprint density at radius 2 is 1.84 bits per heavy atom. The SMILES string of the molecule is CCN(CC)CCN(Cc1cc2ccc(C)cc2[nH]c1=O)C(=S)Nc1ccccc1OC. The first-order valence-electron chi connectivity index (χ1n) is 11.0. The molecule has 0 aliphatic carbocycles. The average Bonchev–Trinajstić information content (AvgIpc) is 2.79. The number of para-hydroxylation sites is 2. The molecule has 0 saturated carbocycles. The van der Waals surface area contributed by atoms with Crippen molar-refractivity contribution >= 4 is 33.9 Å². The number of hydrogen-bond acceptors (Lipinski definition) is 4. The van der Waals surface area contributed by atoms with Gasteiger partial charge in [-0.1, -0.05) is 38.1 Å². The molecule has 0 spiro atoms. The fourth-order valence-corrected chi connectivity index (χ4v) is 3.95. The molecule has 3 rings (SSSR count). The number of nitrogens with zero attached hydrogens (tertiary/aromatic N) is 2. The molecule has 0 amide bonds. The molecule has 1 heterocycles. The Hall–Kier alpha value is -2.90. The first-order chi connectivity index (χ1) is 15.4. The molecule has 0 atom stereocenters. The van der Waals surface area contributed by atoms with Crippen LogP contribution in [-0.4, -0.2) is 53.2 Å². The van der Waals surface area contributed by atoms with Crippen LogP contribution in [0, 0.1) is 6.92 Å². The van der Waals surface area contributed by atoms with Crippen LogP contribution in [0.3, 0.4) is 0 Å². The second kappa shape index (κ2) is 11.1. The van der Waals surface area contributed by atoms with Gasteiger partial charge >= 0.3 is 0 Å². The van der Waals surface area contributed by atoms with Gasteiger partial charge in [-0.05, 0) is 67.4 Å². The smallest absolute Gasteiger partial charge is 0.253 e. The summed E-state index contributed by atoms with van der Waals surface area (Å²) in [6.07, 6.45) is 0. The lowest BCUT2D eigenvalue weighted by Gasteiger charge is -2.29. The highest BCUT2D eigenvalue weighted by atomic mass is 32.1. The fourth-order valence-electron chi connectivity index (χ4n) is 3.68. The van der Waals surface area contributed by atoms with Gasteiger partial charge in [0.15, 0.2) is 5.11 Å². The Kier molecular flexibility index (Phi) is 8.25. The summed E-state index contributed by atoms with van der Waals surface area (Å²) < 4.78 is 5.45. The number of rotatable bonds is 9. The van der Waals surface area contributed by atoms with E-state index in [9.17, 15) is 4.79 Å². The van der Waals surface area contributed by atoms with Crippen molar-refractivity contribution in [1.29, 1.82) is 0 Å². The van der Waals surface area contributed by atoms with E-state index in [-0.39, 0.29) is 5.56 Å². The van der Waals surface area contributed by atoms with Crippen LogP contribution in [0.5, 0.6) is 5.75 Å². The normalized spacial score (nSPS) is 11.0. The van der Waals surface area contributed by atoms with Crippen molar-refractivity contribution in [2.45, 2.75) is 27.3 Å². The van der Waals surface area contributed by atoms with Gasteiger partial charge in [0.1, 0.15) is 5.75 Å². The number of H-pyrrole nitrogens is 1. The molecule has 32 heavy (non-hydrogen) atoms. The number of nitrogens with one attached hydrogen (secondary N) is 2. The van der Waals surface area contributed by atoms with E-state index < -0.39 is 0 Å². The standard InChI is InChI=1S/C25H32N4O2S/c1-5-28(6-2)13-14-29(25(32)27-21-9-7-8-10-23(21)31-4)17-20-16-19-12-11-18(3)15-22(19)26-24(20)30/h7-12,15-16H,5-6,13-14,17H2,1-4H3,(H,26,30)(H,27,32). The number of aryl methyl sites for hydroxylation is 1. The molecule has 0 radical (unpaired) electrons. The second-order valence-corrected chi connectivity index (χ2v) is 8.18. The van der Waals surface area contributed by atoms with E-state index in [0.29, 0.717) is 23.8 Å². The molecule has 1 aromatic heterocycles. The van der Waals surface area contributed by atoms with Crippen LogP contribution in [0.25, 0.3) is 10.9 Å². The minimum absolute atomic E-state index is 0.0870. The number of methoxy groups -OCH3 is 1. The maximum atomic E-state index is 12.8. The summed E-state index contributed by atoms with van der Waals surface area (Å²) in [7, 11) is 1.64. The number of pyridine rings is 1. The van der Waals surface area contributed by atoms with Crippen LogP contribution in [0.2, 0.25) is 0 Å². The zero-order valence-electron chi connectivity index (χ0n) is 19.3. The number of fused-ring (bicyclic) bond motifs is 1. The maximum Gasteiger partial charge on any atom is 0.253 e. The van der Waals surface area contributed by atoms with Gasteiger partial charge in [-0.3, -0.25) is 4.79 Å². The molecule has 170 valence electrons. The minimum Gasteiger partial charge on any atom is -0.495 e. The summed E-state index contributed by atoms with van der Waals surface area (Å²) in [5.41, 5.74) is 3.36. The maximum absolute atomic E-state index is 12.8. The van der Waals surface area contributed by atoms with E-state index in [1.54, 1.807) is 7.11 Å². The van der Waals surface area contributed by atoms with Crippen molar-refractivity contribution in [3.63, 3.8) is 0 Å². The summed E-state index contributed by atoms with van der Waals surface area (Å²) in [5.74, 6) is 0.720. The molecule has 6 nitrogen and oxygen atoms in total. The summed E-state index contributed by atoms with van der Waals surface area (Å²) in [6.45, 7) is 10.2. The zero-order valence-corrected chi connectivity index (χ0v) is 20.1. The second-order valence-electron chi connectivity index (χ2n) is 7.79. The van der Waals surface area contributed by atoms with E-state index in [2.05, 4.69) is 35.1 Å². The molecule has 3 aromatic rings. The topological polar surface area (TPSA) is 60.6 Å². The van der Waals surface area contributed by atoms with Crippen LogP contribution >= 0.6 is 12.2 Å². The van der Waals surface area contributed by atoms with Gasteiger partial charge in [-0.2, -0.15) is 0 Å². The van der Waals surface area contributed by atoms with Gasteiger partial charge in [-0.25, -0.2) is 0 Å². The Morgan fingerprint density at radius 1 is 1.09 bits per heavy atom. The number of anilines is 1. The molecule has 0 aliphatic heterocycles. The van der Waals surface area contributed by atoms with E-state index in [4.69, 9.17) is 17.0 Å². The van der Waals surface area contributed by atoms with E-state index in [0.717, 1.165) is 47.5 Å². The minimum atomic E-state index is -0.0870. The van der Waals surface area contributed by atoms with Gasteiger partial charge in [0, 0.05) is 24.2 Å². The van der Waals surface area contributed by atoms with Gasteiger partial charge in [0.25, 0.3) is 5.56 Å². The van der Waals surface area contributed by atoms with Crippen molar-refractivity contribution in [3.05, 3.63) is 70.0 Å². The summed E-state index contributed by atoms with van der Waals surface area (Å²) in [5, 5.41) is 4.88. The van der Waals surface area contributed by atoms with Crippen molar-refractivity contribution in [2.24, 2.45) is 0 Å². The third-order valence-electron chi connectivity index (χ3n) is 5.66. The Bertz CT molecular complexity index is 1120. The third kappa shape index (κ3) is 5.87. The van der Waals surface area contributed by atoms with Gasteiger partial charge in [-0.15, -0.1) is 0 Å². The Balaban J connectivity index is 1.87. The van der Waals surface area contributed by atoms with Crippen LogP contribution in [-0.2, 0) is 6.54 Å². The molecule has 2 aromatic carbocycles. The van der Waals surface area contributed by atoms with E-state index in [1.807, 2.05) is 54.3 Å². The summed E-state index contributed by atoms with van der Waals surface area (Å²) in [6, 6.07) is 15.7. The molecule has 2 N–H and O–H groups in total. The van der Waals surface area contributed by atoms with Crippen molar-refractivity contribution < 1.29 is 4.74 Å².